The number of benzene rings is 2. The monoisotopic (exact) mass is 373 g/mol. The standard InChI is InChI=1S/C19H17BrFNO/c1-11-8-15(12(2)20)16-10-18(13-4-6-14(21)7-5-13)22(3)19(23)17(16)9-11/h4-10,12H,1-3H3. The molecule has 0 saturated carbocycles. The second-order valence-corrected chi connectivity index (χ2v) is 7.21. The van der Waals surface area contributed by atoms with E-state index >= 15 is 0 Å². The van der Waals surface area contributed by atoms with E-state index in [0.717, 1.165) is 27.8 Å². The van der Waals surface area contributed by atoms with E-state index in [2.05, 4.69) is 22.0 Å². The predicted octanol–water partition coefficient (Wildman–Crippen LogP) is 5.11. The molecule has 2 nitrogen and oxygen atoms in total. The minimum atomic E-state index is -0.287. The van der Waals surface area contributed by atoms with E-state index in [9.17, 15) is 9.18 Å². The van der Waals surface area contributed by atoms with Crippen LogP contribution in [0.4, 0.5) is 4.39 Å². The minimum absolute atomic E-state index is 0.0417. The maximum atomic E-state index is 13.2. The molecule has 0 amide bonds. The van der Waals surface area contributed by atoms with Crippen molar-refractivity contribution >= 4 is 26.7 Å². The zero-order valence-corrected chi connectivity index (χ0v) is 14.8. The van der Waals surface area contributed by atoms with Gasteiger partial charge in [0.2, 0.25) is 0 Å². The predicted molar refractivity (Wildman–Crippen MR) is 96.7 cm³/mol. The van der Waals surface area contributed by atoms with Gasteiger partial charge >= 0.3 is 0 Å². The molecule has 3 aromatic rings. The summed E-state index contributed by atoms with van der Waals surface area (Å²) in [5, 5.41) is 1.64. The molecular formula is C19H17BrFNO. The molecule has 0 spiro atoms. The van der Waals surface area contributed by atoms with Crippen molar-refractivity contribution in [2.45, 2.75) is 18.7 Å². The summed E-state index contributed by atoms with van der Waals surface area (Å²) in [4.78, 5) is 12.9. The van der Waals surface area contributed by atoms with E-state index in [0.29, 0.717) is 5.39 Å². The number of rotatable bonds is 2. The van der Waals surface area contributed by atoms with E-state index in [4.69, 9.17) is 0 Å². The van der Waals surface area contributed by atoms with Crippen molar-refractivity contribution in [1.29, 1.82) is 0 Å². The summed E-state index contributed by atoms with van der Waals surface area (Å²) in [5.41, 5.74) is 3.70. The smallest absolute Gasteiger partial charge is 0.258 e. The van der Waals surface area contributed by atoms with Gasteiger partial charge in [-0.3, -0.25) is 4.79 Å². The number of hydrogen-bond acceptors (Lipinski definition) is 1. The minimum Gasteiger partial charge on any atom is -0.311 e. The van der Waals surface area contributed by atoms with Gasteiger partial charge in [-0.25, -0.2) is 4.39 Å². The van der Waals surface area contributed by atoms with Crippen LogP contribution >= 0.6 is 15.9 Å². The number of alkyl halides is 1. The van der Waals surface area contributed by atoms with Crippen molar-refractivity contribution in [3.8, 4) is 11.3 Å². The number of aromatic nitrogens is 1. The van der Waals surface area contributed by atoms with Crippen LogP contribution in [-0.2, 0) is 7.05 Å². The highest BCUT2D eigenvalue weighted by molar-refractivity contribution is 9.09. The molecule has 0 aliphatic rings. The lowest BCUT2D eigenvalue weighted by atomic mass is 9.98. The van der Waals surface area contributed by atoms with Crippen LogP contribution in [0.3, 0.4) is 0 Å². The molecule has 4 heteroatoms. The third-order valence-corrected chi connectivity index (χ3v) is 4.60. The maximum absolute atomic E-state index is 13.2. The van der Waals surface area contributed by atoms with Crippen molar-refractivity contribution in [2.24, 2.45) is 7.05 Å². The molecule has 0 saturated heterocycles. The zero-order chi connectivity index (χ0) is 16.7. The van der Waals surface area contributed by atoms with Crippen LogP contribution in [0.1, 0.15) is 22.9 Å². The molecule has 3 rings (SSSR count). The summed E-state index contributed by atoms with van der Waals surface area (Å²) in [6.07, 6.45) is 0. The number of fused-ring (bicyclic) bond motifs is 1. The highest BCUT2D eigenvalue weighted by Crippen LogP contribution is 2.32. The lowest BCUT2D eigenvalue weighted by molar-refractivity contribution is 0.628. The summed E-state index contributed by atoms with van der Waals surface area (Å²) >= 11 is 3.61. The molecule has 2 aromatic carbocycles. The zero-order valence-electron chi connectivity index (χ0n) is 13.2. The molecule has 23 heavy (non-hydrogen) atoms. The van der Waals surface area contributed by atoms with Gasteiger partial charge in [0.1, 0.15) is 5.82 Å². The Morgan fingerprint density at radius 1 is 1.09 bits per heavy atom. The Hall–Kier alpha value is -1.94. The average Bonchev–Trinajstić information content (AvgIpc) is 2.51. The third-order valence-electron chi connectivity index (χ3n) is 4.10. The fourth-order valence-corrected chi connectivity index (χ4v) is 3.29. The average molecular weight is 374 g/mol. The first kappa shape index (κ1) is 15.9. The topological polar surface area (TPSA) is 22.0 Å². The van der Waals surface area contributed by atoms with Crippen molar-refractivity contribution in [1.82, 2.24) is 4.57 Å². The van der Waals surface area contributed by atoms with E-state index in [1.807, 2.05) is 26.0 Å². The van der Waals surface area contributed by atoms with Gasteiger partial charge in [0, 0.05) is 17.3 Å². The molecule has 0 aliphatic carbocycles. The summed E-state index contributed by atoms with van der Waals surface area (Å²) < 4.78 is 14.8. The van der Waals surface area contributed by atoms with Gasteiger partial charge in [-0.1, -0.05) is 22.0 Å². The Labute approximate surface area is 142 Å². The quantitative estimate of drug-likeness (QED) is 0.572. The molecule has 1 atom stereocenters. The molecule has 1 aromatic heterocycles. The summed E-state index contributed by atoms with van der Waals surface area (Å²) in [5.74, 6) is -0.287. The molecule has 118 valence electrons. The van der Waals surface area contributed by atoms with Gasteiger partial charge in [0.25, 0.3) is 5.56 Å². The van der Waals surface area contributed by atoms with Crippen molar-refractivity contribution < 1.29 is 4.39 Å². The third kappa shape index (κ3) is 2.83. The first-order valence-electron chi connectivity index (χ1n) is 7.43. The Balaban J connectivity index is 2.39. The second kappa shape index (κ2) is 5.93. The van der Waals surface area contributed by atoms with Crippen LogP contribution < -0.4 is 5.56 Å². The van der Waals surface area contributed by atoms with E-state index in [1.54, 1.807) is 23.7 Å². The molecule has 0 fully saturated rings. The Morgan fingerprint density at radius 2 is 1.74 bits per heavy atom. The fraction of sp³-hybridized carbons (Fsp3) is 0.211. The molecule has 1 unspecified atom stereocenters. The van der Waals surface area contributed by atoms with Crippen LogP contribution in [0, 0.1) is 12.7 Å². The van der Waals surface area contributed by atoms with E-state index < -0.39 is 0 Å². The molecule has 0 aliphatic heterocycles. The van der Waals surface area contributed by atoms with Crippen molar-refractivity contribution in [3.63, 3.8) is 0 Å². The molecular weight excluding hydrogens is 357 g/mol. The maximum Gasteiger partial charge on any atom is 0.258 e. The highest BCUT2D eigenvalue weighted by Gasteiger charge is 2.14. The van der Waals surface area contributed by atoms with Crippen LogP contribution in [0.2, 0.25) is 0 Å². The molecule has 0 N–H and O–H groups in total. The SMILES string of the molecule is Cc1cc(C(C)Br)c2cc(-c3ccc(F)cc3)n(C)c(=O)c2c1. The van der Waals surface area contributed by atoms with Gasteiger partial charge in [-0.2, -0.15) is 0 Å². The molecule has 0 radical (unpaired) electrons. The second-order valence-electron chi connectivity index (χ2n) is 5.83. The van der Waals surface area contributed by atoms with E-state index in [1.165, 1.54) is 12.1 Å². The molecule has 1 heterocycles. The van der Waals surface area contributed by atoms with Gasteiger partial charge < -0.3 is 4.57 Å². The lowest BCUT2D eigenvalue weighted by Crippen LogP contribution is -2.19. The number of hydrogen-bond donors (Lipinski definition) is 0. The van der Waals surface area contributed by atoms with Gasteiger partial charge in [0.15, 0.2) is 0 Å². The fourth-order valence-electron chi connectivity index (χ4n) is 2.91. The van der Waals surface area contributed by atoms with Gasteiger partial charge in [0.05, 0.1) is 5.69 Å². The lowest BCUT2D eigenvalue weighted by Gasteiger charge is -2.15. The number of halogens is 2. The van der Waals surface area contributed by atoms with Crippen LogP contribution in [0.25, 0.3) is 22.0 Å². The normalized spacial score (nSPS) is 12.6. The summed E-state index contributed by atoms with van der Waals surface area (Å²) in [7, 11) is 1.75. The Morgan fingerprint density at radius 3 is 2.35 bits per heavy atom. The van der Waals surface area contributed by atoms with Crippen LogP contribution in [0.5, 0.6) is 0 Å². The summed E-state index contributed by atoms with van der Waals surface area (Å²) in [6, 6.07) is 12.2. The molecule has 0 bridgehead atoms. The largest absolute Gasteiger partial charge is 0.311 e. The van der Waals surface area contributed by atoms with Crippen LogP contribution in [0.15, 0.2) is 47.3 Å². The van der Waals surface area contributed by atoms with Crippen LogP contribution in [-0.4, -0.2) is 4.57 Å². The van der Waals surface area contributed by atoms with Gasteiger partial charge in [-0.05, 0) is 72.3 Å². The Kier molecular flexibility index (Phi) is 4.11. The first-order chi connectivity index (χ1) is 10.9. The highest BCUT2D eigenvalue weighted by atomic mass is 79.9. The number of aryl methyl sites for hydroxylation is 1. The van der Waals surface area contributed by atoms with Crippen molar-refractivity contribution in [2.75, 3.05) is 0 Å². The Bertz CT molecular complexity index is 942. The number of pyridine rings is 1. The summed E-state index contributed by atoms with van der Waals surface area (Å²) in [6.45, 7) is 4.04. The van der Waals surface area contributed by atoms with Crippen molar-refractivity contribution in [3.05, 3.63) is 69.8 Å². The first-order valence-corrected chi connectivity index (χ1v) is 8.34. The number of nitrogens with zero attached hydrogens (tertiary/aromatic N) is 1. The van der Waals surface area contributed by atoms with Gasteiger partial charge in [-0.15, -0.1) is 0 Å². The van der Waals surface area contributed by atoms with E-state index in [-0.39, 0.29) is 16.2 Å².